The number of rotatable bonds is 12. The van der Waals surface area contributed by atoms with Crippen molar-refractivity contribution in [1.82, 2.24) is 4.98 Å². The van der Waals surface area contributed by atoms with Gasteiger partial charge in [0.2, 0.25) is 0 Å². The lowest BCUT2D eigenvalue weighted by Gasteiger charge is -2.11. The number of hydrogen-bond acceptors (Lipinski definition) is 8. The van der Waals surface area contributed by atoms with Gasteiger partial charge in [-0.3, -0.25) is 14.9 Å². The Bertz CT molecular complexity index is 1080. The van der Waals surface area contributed by atoms with Gasteiger partial charge >= 0.3 is 0 Å². The molecular formula is C24H26N2O6S. The van der Waals surface area contributed by atoms with Crippen LogP contribution >= 0.6 is 11.3 Å². The number of thiazole rings is 1. The first-order valence-corrected chi connectivity index (χ1v) is 11.1. The summed E-state index contributed by atoms with van der Waals surface area (Å²) in [7, 11) is 4.69. The normalized spacial score (nSPS) is 10.5. The number of hydrogen-bond donors (Lipinski definition) is 1. The number of ether oxygens (including phenoxy) is 4. The first kappa shape index (κ1) is 24.2. The minimum Gasteiger partial charge on any atom is -0.497 e. The van der Waals surface area contributed by atoms with Crippen molar-refractivity contribution in [2.75, 3.05) is 39.9 Å². The van der Waals surface area contributed by atoms with Crippen LogP contribution in [0.4, 0.5) is 5.13 Å². The summed E-state index contributed by atoms with van der Waals surface area (Å²) in [6.45, 7) is 0.457. The first-order valence-electron chi connectivity index (χ1n) is 10.3. The van der Waals surface area contributed by atoms with Gasteiger partial charge in [-0.15, -0.1) is 11.3 Å². The Hall–Kier alpha value is -3.43. The molecule has 33 heavy (non-hydrogen) atoms. The second kappa shape index (κ2) is 12.0. The van der Waals surface area contributed by atoms with Crippen molar-refractivity contribution < 1.29 is 28.5 Å². The number of aromatic nitrogens is 1. The molecule has 0 saturated heterocycles. The van der Waals surface area contributed by atoms with E-state index in [9.17, 15) is 9.59 Å². The number of carbonyl (C=O) groups excluding carboxylic acids is 2. The predicted octanol–water partition coefficient (Wildman–Crippen LogP) is 4.45. The van der Waals surface area contributed by atoms with Crippen molar-refractivity contribution in [3.05, 3.63) is 53.4 Å². The number of benzene rings is 2. The van der Waals surface area contributed by atoms with Gasteiger partial charge in [0.05, 0.1) is 19.9 Å². The summed E-state index contributed by atoms with van der Waals surface area (Å²) in [5.74, 6) is 1.16. The molecule has 0 aliphatic carbocycles. The smallest absolute Gasteiger partial charge is 0.257 e. The number of Topliss-reactive ketones (excluding diaryl/α,β-unsaturated/α-hetero) is 1. The van der Waals surface area contributed by atoms with Gasteiger partial charge in [0, 0.05) is 36.6 Å². The minimum atomic E-state index is -0.328. The molecule has 0 radical (unpaired) electrons. The van der Waals surface area contributed by atoms with Crippen LogP contribution in [-0.4, -0.2) is 51.2 Å². The van der Waals surface area contributed by atoms with Crippen molar-refractivity contribution in [2.45, 2.75) is 12.8 Å². The molecule has 1 aromatic heterocycles. The third-order valence-corrected chi connectivity index (χ3v) is 5.49. The summed E-state index contributed by atoms with van der Waals surface area (Å²) in [5.41, 5.74) is 2.06. The van der Waals surface area contributed by atoms with Crippen LogP contribution in [0, 0.1) is 0 Å². The molecule has 1 N–H and O–H groups in total. The zero-order chi connectivity index (χ0) is 23.6. The van der Waals surface area contributed by atoms with E-state index in [0.717, 1.165) is 17.0 Å². The van der Waals surface area contributed by atoms with E-state index in [2.05, 4.69) is 10.3 Å². The second-order valence-corrected chi connectivity index (χ2v) is 7.87. The Labute approximate surface area is 196 Å². The Morgan fingerprint density at radius 1 is 1.00 bits per heavy atom. The van der Waals surface area contributed by atoms with E-state index in [1.807, 2.05) is 29.6 Å². The van der Waals surface area contributed by atoms with Crippen molar-refractivity contribution in [2.24, 2.45) is 0 Å². The molecule has 8 nitrogen and oxygen atoms in total. The summed E-state index contributed by atoms with van der Waals surface area (Å²) < 4.78 is 21.0. The second-order valence-electron chi connectivity index (χ2n) is 7.01. The Balaban J connectivity index is 1.62. The van der Waals surface area contributed by atoms with Crippen molar-refractivity contribution in [1.29, 1.82) is 0 Å². The highest BCUT2D eigenvalue weighted by Crippen LogP contribution is 2.30. The van der Waals surface area contributed by atoms with E-state index in [4.69, 9.17) is 18.9 Å². The molecule has 0 atom stereocenters. The molecule has 0 saturated carbocycles. The third-order valence-electron chi connectivity index (χ3n) is 4.73. The third kappa shape index (κ3) is 6.77. The highest BCUT2D eigenvalue weighted by atomic mass is 32.1. The molecule has 3 rings (SSSR count). The van der Waals surface area contributed by atoms with Crippen molar-refractivity contribution >= 4 is 28.2 Å². The summed E-state index contributed by atoms with van der Waals surface area (Å²) in [4.78, 5) is 29.1. The van der Waals surface area contributed by atoms with Crippen LogP contribution in [0.1, 0.15) is 23.2 Å². The van der Waals surface area contributed by atoms with Gasteiger partial charge in [0.25, 0.3) is 5.91 Å². The molecule has 0 bridgehead atoms. The number of methoxy groups -OCH3 is 3. The van der Waals surface area contributed by atoms with Gasteiger partial charge in [0.1, 0.15) is 12.4 Å². The number of anilines is 1. The minimum absolute atomic E-state index is 0.0349. The first-order chi connectivity index (χ1) is 16.0. The van der Waals surface area contributed by atoms with Gasteiger partial charge in [-0.2, -0.15) is 0 Å². The zero-order valence-electron chi connectivity index (χ0n) is 18.8. The molecule has 2 aromatic carbocycles. The van der Waals surface area contributed by atoms with E-state index in [-0.39, 0.29) is 18.3 Å². The molecule has 9 heteroatoms. The molecule has 174 valence electrons. The zero-order valence-corrected chi connectivity index (χ0v) is 19.6. The fourth-order valence-electron chi connectivity index (χ4n) is 2.97. The van der Waals surface area contributed by atoms with Gasteiger partial charge in [0.15, 0.2) is 22.4 Å². The molecule has 0 spiro atoms. The number of carbonyl (C=O) groups is 2. The largest absolute Gasteiger partial charge is 0.497 e. The number of nitrogens with zero attached hydrogens (tertiary/aromatic N) is 1. The maximum absolute atomic E-state index is 12.7. The van der Waals surface area contributed by atoms with E-state index in [0.29, 0.717) is 41.6 Å². The van der Waals surface area contributed by atoms with Crippen LogP contribution in [0.3, 0.4) is 0 Å². The summed E-state index contributed by atoms with van der Waals surface area (Å²) in [6.07, 6.45) is 1.02. The Morgan fingerprint density at radius 3 is 2.48 bits per heavy atom. The van der Waals surface area contributed by atoms with Crippen LogP contribution in [0.2, 0.25) is 0 Å². The fraction of sp³-hybridized carbons (Fsp3) is 0.292. The van der Waals surface area contributed by atoms with Crippen LogP contribution in [0.15, 0.2) is 47.8 Å². The topological polar surface area (TPSA) is 96.0 Å². The Morgan fingerprint density at radius 2 is 1.79 bits per heavy atom. The van der Waals surface area contributed by atoms with E-state index < -0.39 is 0 Å². The molecule has 1 amide bonds. The maximum Gasteiger partial charge on any atom is 0.257 e. The predicted molar refractivity (Wildman–Crippen MR) is 127 cm³/mol. The number of ketones is 1. The number of nitrogens with one attached hydrogen (secondary N) is 1. The molecule has 0 aliphatic rings. The van der Waals surface area contributed by atoms with E-state index in [1.165, 1.54) is 18.4 Å². The SMILES string of the molecule is COCCCC(=O)COc1ccc(C(=O)Nc2nc(-c3ccc(OC)cc3)cs2)cc1OC. The average molecular weight is 471 g/mol. The van der Waals surface area contributed by atoms with Crippen molar-refractivity contribution in [3.63, 3.8) is 0 Å². The lowest BCUT2D eigenvalue weighted by Crippen LogP contribution is -2.14. The summed E-state index contributed by atoms with van der Waals surface area (Å²) in [6, 6.07) is 12.3. The average Bonchev–Trinajstić information content (AvgIpc) is 3.31. The molecule has 0 aliphatic heterocycles. The monoisotopic (exact) mass is 470 g/mol. The van der Waals surface area contributed by atoms with Gasteiger partial charge < -0.3 is 18.9 Å². The lowest BCUT2D eigenvalue weighted by atomic mass is 10.2. The standard InChI is InChI=1S/C24H26N2O6S/c1-29-12-4-5-18(27)14-32-21-11-8-17(13-22(21)31-3)23(28)26-24-25-20(15-33-24)16-6-9-19(30-2)10-7-16/h6-11,13,15H,4-5,12,14H2,1-3H3,(H,25,26,28). The molecule has 0 unspecified atom stereocenters. The highest BCUT2D eigenvalue weighted by molar-refractivity contribution is 7.14. The van der Waals surface area contributed by atoms with E-state index in [1.54, 1.807) is 32.4 Å². The molecular weight excluding hydrogens is 444 g/mol. The van der Waals surface area contributed by atoms with Crippen LogP contribution in [0.25, 0.3) is 11.3 Å². The highest BCUT2D eigenvalue weighted by Gasteiger charge is 2.14. The van der Waals surface area contributed by atoms with Crippen LogP contribution < -0.4 is 19.5 Å². The van der Waals surface area contributed by atoms with Gasteiger partial charge in [-0.25, -0.2) is 4.98 Å². The Kier molecular flexibility index (Phi) is 8.79. The maximum atomic E-state index is 12.7. The van der Waals surface area contributed by atoms with Crippen LogP contribution in [0.5, 0.6) is 17.2 Å². The fourth-order valence-corrected chi connectivity index (χ4v) is 3.68. The van der Waals surface area contributed by atoms with Crippen molar-refractivity contribution in [3.8, 4) is 28.5 Å². The summed E-state index contributed by atoms with van der Waals surface area (Å²) in [5, 5.41) is 5.15. The molecule has 0 fully saturated rings. The molecule has 1 heterocycles. The summed E-state index contributed by atoms with van der Waals surface area (Å²) >= 11 is 1.33. The van der Waals surface area contributed by atoms with Gasteiger partial charge in [-0.05, 0) is 48.9 Å². The van der Waals surface area contributed by atoms with E-state index >= 15 is 0 Å². The van der Waals surface area contributed by atoms with Gasteiger partial charge in [-0.1, -0.05) is 0 Å². The quantitative estimate of drug-likeness (QED) is 0.391. The lowest BCUT2D eigenvalue weighted by molar-refractivity contribution is -0.121. The number of amides is 1. The van der Waals surface area contributed by atoms with Crippen LogP contribution in [-0.2, 0) is 9.53 Å². The molecule has 3 aromatic rings.